The molecule has 1 aliphatic rings. The SMILES string of the molecule is O=C(O)c1coc(C(=O)NC2CC(c3ccc(F)c(Br)c3)C2)c1. The number of hydrogen-bond acceptors (Lipinski definition) is 3. The molecule has 1 aromatic heterocycles. The van der Waals surface area contributed by atoms with E-state index in [0.717, 1.165) is 24.7 Å². The second kappa shape index (κ2) is 6.16. The third kappa shape index (κ3) is 3.29. The van der Waals surface area contributed by atoms with Crippen LogP contribution in [0, 0.1) is 5.82 Å². The van der Waals surface area contributed by atoms with Gasteiger partial charge in [-0.3, -0.25) is 4.79 Å². The van der Waals surface area contributed by atoms with Gasteiger partial charge in [0.25, 0.3) is 5.91 Å². The maximum absolute atomic E-state index is 13.2. The number of hydrogen-bond donors (Lipinski definition) is 2. The van der Waals surface area contributed by atoms with Gasteiger partial charge in [0.05, 0.1) is 10.0 Å². The number of aromatic carboxylic acids is 1. The normalized spacial score (nSPS) is 19.9. The predicted molar refractivity (Wildman–Crippen MR) is 83.0 cm³/mol. The molecule has 2 aromatic rings. The van der Waals surface area contributed by atoms with Crippen molar-refractivity contribution < 1.29 is 23.5 Å². The van der Waals surface area contributed by atoms with Crippen LogP contribution in [0.2, 0.25) is 0 Å². The Bertz CT molecular complexity index is 767. The first-order valence-corrected chi connectivity index (χ1v) is 7.81. The van der Waals surface area contributed by atoms with Gasteiger partial charge < -0.3 is 14.8 Å². The van der Waals surface area contributed by atoms with Crippen molar-refractivity contribution >= 4 is 27.8 Å². The molecule has 120 valence electrons. The first-order chi connectivity index (χ1) is 10.9. The van der Waals surface area contributed by atoms with Crippen LogP contribution in [0.4, 0.5) is 4.39 Å². The van der Waals surface area contributed by atoms with Gasteiger partial charge >= 0.3 is 5.97 Å². The lowest BCUT2D eigenvalue weighted by atomic mass is 9.76. The van der Waals surface area contributed by atoms with Gasteiger partial charge in [0.2, 0.25) is 0 Å². The number of furan rings is 1. The molecule has 0 atom stereocenters. The second-order valence-corrected chi connectivity index (χ2v) is 6.37. The Kier molecular flexibility index (Phi) is 4.21. The Labute approximate surface area is 139 Å². The van der Waals surface area contributed by atoms with E-state index in [0.29, 0.717) is 4.47 Å². The Hall–Kier alpha value is -2.15. The first-order valence-electron chi connectivity index (χ1n) is 7.01. The monoisotopic (exact) mass is 381 g/mol. The summed E-state index contributed by atoms with van der Waals surface area (Å²) in [6, 6.07) is 6.11. The van der Waals surface area contributed by atoms with Gasteiger partial charge in [0.1, 0.15) is 12.1 Å². The van der Waals surface area contributed by atoms with Crippen molar-refractivity contribution in [1.82, 2.24) is 5.32 Å². The van der Waals surface area contributed by atoms with Crippen molar-refractivity contribution in [3.05, 3.63) is 57.7 Å². The summed E-state index contributed by atoms with van der Waals surface area (Å²) in [7, 11) is 0. The summed E-state index contributed by atoms with van der Waals surface area (Å²) in [5.41, 5.74) is 0.965. The fourth-order valence-corrected chi connectivity index (χ4v) is 2.99. The quantitative estimate of drug-likeness (QED) is 0.848. The summed E-state index contributed by atoms with van der Waals surface area (Å²) in [6.07, 6.45) is 2.53. The number of carbonyl (C=O) groups is 2. The molecule has 1 aromatic carbocycles. The number of carboxylic acids is 1. The predicted octanol–water partition coefficient (Wildman–Crippen LogP) is 3.56. The third-order valence-electron chi connectivity index (χ3n) is 3.96. The summed E-state index contributed by atoms with van der Waals surface area (Å²) in [5.74, 6) is -1.62. The number of benzene rings is 1. The third-order valence-corrected chi connectivity index (χ3v) is 4.57. The molecule has 2 N–H and O–H groups in total. The number of carbonyl (C=O) groups excluding carboxylic acids is 1. The van der Waals surface area contributed by atoms with Crippen LogP contribution in [0.25, 0.3) is 0 Å². The average Bonchev–Trinajstić information content (AvgIpc) is 2.95. The Morgan fingerprint density at radius 3 is 2.65 bits per heavy atom. The zero-order valence-electron chi connectivity index (χ0n) is 11.9. The van der Waals surface area contributed by atoms with Crippen molar-refractivity contribution in [2.75, 3.05) is 0 Å². The van der Waals surface area contributed by atoms with Crippen molar-refractivity contribution in [2.45, 2.75) is 24.8 Å². The van der Waals surface area contributed by atoms with Crippen LogP contribution in [0.15, 0.2) is 39.4 Å². The molecular formula is C16H13BrFNO4. The fraction of sp³-hybridized carbons (Fsp3) is 0.250. The number of carboxylic acid groups (broad SMARTS) is 1. The van der Waals surface area contributed by atoms with Crippen molar-refractivity contribution in [2.24, 2.45) is 0 Å². The molecule has 1 fully saturated rings. The number of rotatable bonds is 4. The molecule has 7 heteroatoms. The molecule has 0 unspecified atom stereocenters. The van der Waals surface area contributed by atoms with E-state index < -0.39 is 11.9 Å². The first kappa shape index (κ1) is 15.7. The highest BCUT2D eigenvalue weighted by Gasteiger charge is 2.32. The van der Waals surface area contributed by atoms with Gasteiger partial charge in [0, 0.05) is 12.1 Å². The average molecular weight is 382 g/mol. The molecule has 1 amide bonds. The number of amides is 1. The second-order valence-electron chi connectivity index (χ2n) is 5.52. The summed E-state index contributed by atoms with van der Waals surface area (Å²) in [6.45, 7) is 0. The molecule has 0 bridgehead atoms. The van der Waals surface area contributed by atoms with Crippen molar-refractivity contribution in [3.8, 4) is 0 Å². The van der Waals surface area contributed by atoms with Crippen LogP contribution in [-0.4, -0.2) is 23.0 Å². The lowest BCUT2D eigenvalue weighted by molar-refractivity contribution is 0.0695. The van der Waals surface area contributed by atoms with Crippen LogP contribution in [-0.2, 0) is 0 Å². The molecule has 0 radical (unpaired) electrons. The highest BCUT2D eigenvalue weighted by molar-refractivity contribution is 9.10. The van der Waals surface area contributed by atoms with Gasteiger partial charge in [-0.2, -0.15) is 0 Å². The zero-order chi connectivity index (χ0) is 16.6. The molecule has 3 rings (SSSR count). The van der Waals surface area contributed by atoms with E-state index in [1.165, 1.54) is 12.1 Å². The maximum Gasteiger partial charge on any atom is 0.338 e. The molecule has 1 saturated carbocycles. The van der Waals surface area contributed by atoms with Crippen molar-refractivity contribution in [3.63, 3.8) is 0 Å². The molecule has 0 aliphatic heterocycles. The van der Waals surface area contributed by atoms with Crippen LogP contribution >= 0.6 is 15.9 Å². The maximum atomic E-state index is 13.2. The van der Waals surface area contributed by atoms with Crippen LogP contribution in [0.1, 0.15) is 45.2 Å². The minimum atomic E-state index is -1.14. The molecule has 23 heavy (non-hydrogen) atoms. The minimum absolute atomic E-state index is 0.00490. The number of halogens is 2. The largest absolute Gasteiger partial charge is 0.478 e. The molecule has 1 heterocycles. The molecular weight excluding hydrogens is 369 g/mol. The van der Waals surface area contributed by atoms with E-state index in [9.17, 15) is 14.0 Å². The van der Waals surface area contributed by atoms with E-state index in [2.05, 4.69) is 21.2 Å². The fourth-order valence-electron chi connectivity index (χ4n) is 2.60. The Morgan fingerprint density at radius 2 is 2.04 bits per heavy atom. The zero-order valence-corrected chi connectivity index (χ0v) is 13.5. The summed E-state index contributed by atoms with van der Waals surface area (Å²) < 4.78 is 18.6. The van der Waals surface area contributed by atoms with E-state index in [1.807, 2.05) is 0 Å². The van der Waals surface area contributed by atoms with Gasteiger partial charge in [-0.1, -0.05) is 6.07 Å². The van der Waals surface area contributed by atoms with Gasteiger partial charge in [-0.05, 0) is 52.4 Å². The van der Waals surface area contributed by atoms with Gasteiger partial charge in [-0.25, -0.2) is 9.18 Å². The lowest BCUT2D eigenvalue weighted by Gasteiger charge is -2.36. The van der Waals surface area contributed by atoms with E-state index in [1.54, 1.807) is 12.1 Å². The number of nitrogens with one attached hydrogen (secondary N) is 1. The highest BCUT2D eigenvalue weighted by Crippen LogP contribution is 2.38. The smallest absolute Gasteiger partial charge is 0.338 e. The highest BCUT2D eigenvalue weighted by atomic mass is 79.9. The van der Waals surface area contributed by atoms with Crippen LogP contribution in [0.5, 0.6) is 0 Å². The standard InChI is InChI=1S/C16H13BrFNO4/c17-12-5-8(1-2-13(12)18)9-3-11(4-9)19-15(20)14-6-10(7-23-14)16(21)22/h1-2,5-7,9,11H,3-4H2,(H,19,20)(H,21,22). The Morgan fingerprint density at radius 1 is 1.30 bits per heavy atom. The van der Waals surface area contributed by atoms with Crippen LogP contribution < -0.4 is 5.32 Å². The lowest BCUT2D eigenvalue weighted by Crippen LogP contribution is -2.43. The molecule has 5 nitrogen and oxygen atoms in total. The Balaban J connectivity index is 1.56. The molecule has 1 aliphatic carbocycles. The molecule has 0 spiro atoms. The van der Waals surface area contributed by atoms with Gasteiger partial charge in [-0.15, -0.1) is 0 Å². The van der Waals surface area contributed by atoms with Crippen molar-refractivity contribution in [1.29, 1.82) is 0 Å². The summed E-state index contributed by atoms with van der Waals surface area (Å²) in [5, 5.41) is 11.6. The summed E-state index contributed by atoms with van der Waals surface area (Å²) in [4.78, 5) is 22.7. The molecule has 0 saturated heterocycles. The summed E-state index contributed by atoms with van der Waals surface area (Å²) >= 11 is 3.16. The van der Waals surface area contributed by atoms with E-state index in [-0.39, 0.29) is 29.1 Å². The topological polar surface area (TPSA) is 79.5 Å². The van der Waals surface area contributed by atoms with Gasteiger partial charge in [0.15, 0.2) is 5.76 Å². The minimum Gasteiger partial charge on any atom is -0.478 e. The van der Waals surface area contributed by atoms with E-state index in [4.69, 9.17) is 9.52 Å². The van der Waals surface area contributed by atoms with E-state index >= 15 is 0 Å². The van der Waals surface area contributed by atoms with Crippen LogP contribution in [0.3, 0.4) is 0 Å².